The Morgan fingerprint density at radius 2 is 2.07 bits per heavy atom. The number of nitrogens with one attached hydrogen (secondary N) is 1. The molecule has 0 aromatic carbocycles. The maximum atomic E-state index is 4.24. The highest BCUT2D eigenvalue weighted by Gasteiger charge is 2.03. The molecule has 1 rings (SSSR count). The van der Waals surface area contributed by atoms with Gasteiger partial charge in [-0.2, -0.15) is 5.10 Å². The summed E-state index contributed by atoms with van der Waals surface area (Å²) in [6.45, 7) is 8.43. The highest BCUT2D eigenvalue weighted by Crippen LogP contribution is 2.01. The second kappa shape index (κ2) is 5.81. The largest absolute Gasteiger partial charge is 0.310 e. The highest BCUT2D eigenvalue weighted by atomic mass is 15.3. The molecule has 0 fully saturated rings. The minimum Gasteiger partial charge on any atom is -0.310 e. The molecule has 0 atom stereocenters. The average molecular weight is 195 g/mol. The molecule has 0 saturated heterocycles. The lowest BCUT2D eigenvalue weighted by molar-refractivity contribution is 0.484. The van der Waals surface area contributed by atoms with Crippen molar-refractivity contribution in [3.63, 3.8) is 0 Å². The molecular weight excluding hydrogens is 174 g/mol. The topological polar surface area (TPSA) is 29.9 Å². The fraction of sp³-hybridized carbons (Fsp3) is 0.727. The summed E-state index contributed by atoms with van der Waals surface area (Å²) >= 11 is 0. The summed E-state index contributed by atoms with van der Waals surface area (Å²) in [5.74, 6) is 0. The number of hydrogen-bond donors (Lipinski definition) is 1. The molecule has 0 saturated carbocycles. The smallest absolute Gasteiger partial charge is 0.0534 e. The molecule has 3 nitrogen and oxygen atoms in total. The third-order valence-corrected chi connectivity index (χ3v) is 2.59. The molecule has 1 N–H and O–H groups in total. The summed E-state index contributed by atoms with van der Waals surface area (Å²) in [5, 5.41) is 7.76. The number of aromatic nitrogens is 2. The molecule has 0 aliphatic heterocycles. The van der Waals surface area contributed by atoms with E-state index in [1.165, 1.54) is 18.4 Å². The lowest BCUT2D eigenvalue weighted by atomic mass is 10.1. The van der Waals surface area contributed by atoms with Gasteiger partial charge in [-0.15, -0.1) is 0 Å². The first kappa shape index (κ1) is 11.2. The first-order chi connectivity index (χ1) is 6.80. The van der Waals surface area contributed by atoms with Crippen LogP contribution in [0.1, 0.15) is 39.2 Å². The lowest BCUT2D eigenvalue weighted by Gasteiger charge is -2.13. The van der Waals surface area contributed by atoms with Crippen molar-refractivity contribution >= 4 is 0 Å². The lowest BCUT2D eigenvalue weighted by Crippen LogP contribution is -2.26. The van der Waals surface area contributed by atoms with Gasteiger partial charge in [0.15, 0.2) is 0 Å². The SMILES string of the molecule is CCC(CC)NCc1cnn(CC)c1. The van der Waals surface area contributed by atoms with Crippen LogP contribution in [0.4, 0.5) is 0 Å². The zero-order valence-electron chi connectivity index (χ0n) is 9.45. The van der Waals surface area contributed by atoms with E-state index in [0.29, 0.717) is 6.04 Å². The molecular formula is C11H21N3. The number of nitrogens with zero attached hydrogens (tertiary/aromatic N) is 2. The highest BCUT2D eigenvalue weighted by molar-refractivity contribution is 5.03. The Morgan fingerprint density at radius 1 is 1.36 bits per heavy atom. The molecule has 0 amide bonds. The number of hydrogen-bond acceptors (Lipinski definition) is 2. The van der Waals surface area contributed by atoms with E-state index in [0.717, 1.165) is 13.1 Å². The molecule has 3 heteroatoms. The Labute approximate surface area is 86.5 Å². The molecule has 1 heterocycles. The van der Waals surface area contributed by atoms with Crippen LogP contribution in [0.25, 0.3) is 0 Å². The Kier molecular flexibility index (Phi) is 4.66. The van der Waals surface area contributed by atoms with Crippen LogP contribution in [0.5, 0.6) is 0 Å². The predicted molar refractivity (Wildman–Crippen MR) is 59.1 cm³/mol. The van der Waals surface area contributed by atoms with Crippen molar-refractivity contribution in [1.82, 2.24) is 15.1 Å². The molecule has 0 radical (unpaired) electrons. The molecule has 0 spiro atoms. The fourth-order valence-corrected chi connectivity index (χ4v) is 1.51. The second-order valence-electron chi connectivity index (χ2n) is 3.60. The normalized spacial score (nSPS) is 11.1. The first-order valence-electron chi connectivity index (χ1n) is 5.54. The van der Waals surface area contributed by atoms with E-state index in [9.17, 15) is 0 Å². The van der Waals surface area contributed by atoms with Crippen LogP contribution in [0.15, 0.2) is 12.4 Å². The van der Waals surface area contributed by atoms with E-state index >= 15 is 0 Å². The van der Waals surface area contributed by atoms with Crippen LogP contribution in [0, 0.1) is 0 Å². The molecule has 0 aliphatic rings. The number of rotatable bonds is 6. The van der Waals surface area contributed by atoms with Crippen molar-refractivity contribution < 1.29 is 0 Å². The maximum absolute atomic E-state index is 4.24. The van der Waals surface area contributed by atoms with Crippen molar-refractivity contribution in [3.8, 4) is 0 Å². The minimum absolute atomic E-state index is 0.639. The van der Waals surface area contributed by atoms with Gasteiger partial charge >= 0.3 is 0 Å². The predicted octanol–water partition coefficient (Wildman–Crippen LogP) is 2.18. The second-order valence-corrected chi connectivity index (χ2v) is 3.60. The molecule has 0 bridgehead atoms. The summed E-state index contributed by atoms with van der Waals surface area (Å²) < 4.78 is 1.96. The fourth-order valence-electron chi connectivity index (χ4n) is 1.51. The van der Waals surface area contributed by atoms with Gasteiger partial charge < -0.3 is 5.32 Å². The van der Waals surface area contributed by atoms with Gasteiger partial charge in [0.25, 0.3) is 0 Å². The Balaban J connectivity index is 2.37. The van der Waals surface area contributed by atoms with Crippen LogP contribution in [0.2, 0.25) is 0 Å². The zero-order chi connectivity index (χ0) is 10.4. The summed E-state index contributed by atoms with van der Waals surface area (Å²) in [6, 6.07) is 0.639. The van der Waals surface area contributed by atoms with Gasteiger partial charge in [-0.05, 0) is 19.8 Å². The van der Waals surface area contributed by atoms with Crippen LogP contribution in [-0.2, 0) is 13.1 Å². The van der Waals surface area contributed by atoms with Crippen molar-refractivity contribution in [2.45, 2.75) is 52.7 Å². The molecule has 14 heavy (non-hydrogen) atoms. The molecule has 1 aromatic rings. The van der Waals surface area contributed by atoms with Crippen molar-refractivity contribution in [2.24, 2.45) is 0 Å². The van der Waals surface area contributed by atoms with Gasteiger partial charge in [0.2, 0.25) is 0 Å². The third kappa shape index (κ3) is 3.14. The van der Waals surface area contributed by atoms with Gasteiger partial charge in [-0.25, -0.2) is 0 Å². The Morgan fingerprint density at radius 3 is 2.57 bits per heavy atom. The molecule has 0 aliphatic carbocycles. The number of aryl methyl sites for hydroxylation is 1. The van der Waals surface area contributed by atoms with E-state index in [4.69, 9.17) is 0 Å². The monoisotopic (exact) mass is 195 g/mol. The van der Waals surface area contributed by atoms with Crippen LogP contribution >= 0.6 is 0 Å². The zero-order valence-corrected chi connectivity index (χ0v) is 9.45. The van der Waals surface area contributed by atoms with Gasteiger partial charge in [0.1, 0.15) is 0 Å². The van der Waals surface area contributed by atoms with E-state index in [-0.39, 0.29) is 0 Å². The van der Waals surface area contributed by atoms with Crippen molar-refractivity contribution in [1.29, 1.82) is 0 Å². The Hall–Kier alpha value is -0.830. The standard InChI is InChI=1S/C11H21N3/c1-4-11(5-2)12-7-10-8-13-14(6-3)9-10/h8-9,11-12H,4-7H2,1-3H3. The van der Waals surface area contributed by atoms with E-state index in [2.05, 4.69) is 37.4 Å². The van der Waals surface area contributed by atoms with Gasteiger partial charge in [0.05, 0.1) is 6.20 Å². The van der Waals surface area contributed by atoms with Crippen molar-refractivity contribution in [3.05, 3.63) is 18.0 Å². The molecule has 1 aromatic heterocycles. The first-order valence-corrected chi connectivity index (χ1v) is 5.54. The molecule has 0 unspecified atom stereocenters. The van der Waals surface area contributed by atoms with E-state index in [1.54, 1.807) is 0 Å². The van der Waals surface area contributed by atoms with Crippen LogP contribution in [0.3, 0.4) is 0 Å². The quantitative estimate of drug-likeness (QED) is 0.754. The summed E-state index contributed by atoms with van der Waals surface area (Å²) in [5.41, 5.74) is 1.28. The van der Waals surface area contributed by atoms with Crippen molar-refractivity contribution in [2.75, 3.05) is 0 Å². The van der Waals surface area contributed by atoms with Crippen LogP contribution in [-0.4, -0.2) is 15.8 Å². The van der Waals surface area contributed by atoms with Gasteiger partial charge in [-0.3, -0.25) is 4.68 Å². The molecule has 80 valence electrons. The summed E-state index contributed by atoms with van der Waals surface area (Å²) in [4.78, 5) is 0. The minimum atomic E-state index is 0.639. The van der Waals surface area contributed by atoms with E-state index in [1.807, 2.05) is 10.9 Å². The maximum Gasteiger partial charge on any atom is 0.0534 e. The van der Waals surface area contributed by atoms with Gasteiger partial charge in [-0.1, -0.05) is 13.8 Å². The average Bonchev–Trinajstić information content (AvgIpc) is 2.67. The third-order valence-electron chi connectivity index (χ3n) is 2.59. The van der Waals surface area contributed by atoms with E-state index < -0.39 is 0 Å². The van der Waals surface area contributed by atoms with Gasteiger partial charge in [0, 0.05) is 30.9 Å². The Bertz CT molecular complexity index is 251. The van der Waals surface area contributed by atoms with Crippen LogP contribution < -0.4 is 5.32 Å². The summed E-state index contributed by atoms with van der Waals surface area (Å²) in [7, 11) is 0. The summed E-state index contributed by atoms with van der Waals surface area (Å²) in [6.07, 6.45) is 6.44.